The van der Waals surface area contributed by atoms with Crippen molar-refractivity contribution in [1.82, 2.24) is 15.1 Å². The molecule has 4 heterocycles. The molecule has 0 aliphatic carbocycles. The molecule has 1 aromatic heterocycles. The molecule has 3 fully saturated rings. The summed E-state index contributed by atoms with van der Waals surface area (Å²) >= 11 is 2.00. The topological polar surface area (TPSA) is 18.5 Å². The number of benzene rings is 1. The van der Waals surface area contributed by atoms with E-state index >= 15 is 0 Å². The molecule has 3 aliphatic heterocycles. The average Bonchev–Trinajstić information content (AvgIpc) is 3.24. The summed E-state index contributed by atoms with van der Waals surface area (Å²) in [4.78, 5) is 8.33. The number of nitrogens with one attached hydrogen (secondary N) is 1. The Morgan fingerprint density at radius 2 is 1.74 bits per heavy atom. The van der Waals surface area contributed by atoms with Crippen molar-refractivity contribution in [1.29, 1.82) is 0 Å². The normalized spacial score (nSPS) is 26.5. The van der Waals surface area contributed by atoms with Crippen LogP contribution in [0, 0.1) is 0 Å². The molecule has 3 aliphatic rings. The zero-order chi connectivity index (χ0) is 18.1. The van der Waals surface area contributed by atoms with Gasteiger partial charge in [-0.1, -0.05) is 24.6 Å². The minimum atomic E-state index is 0.858. The van der Waals surface area contributed by atoms with Crippen molar-refractivity contribution in [2.45, 2.75) is 57.3 Å². The molecule has 2 bridgehead atoms. The lowest BCUT2D eigenvalue weighted by Gasteiger charge is -2.34. The van der Waals surface area contributed by atoms with E-state index in [1.807, 2.05) is 11.3 Å². The number of hydrogen-bond donors (Lipinski definition) is 1. The zero-order valence-electron chi connectivity index (χ0n) is 16.2. The number of fused-ring (bicyclic) bond motifs is 2. The van der Waals surface area contributed by atoms with Crippen LogP contribution in [0.3, 0.4) is 0 Å². The first-order valence-electron chi connectivity index (χ1n) is 10.7. The predicted molar refractivity (Wildman–Crippen MR) is 114 cm³/mol. The standard InChI is InChI=1S/C23H31N3S/c1-3-18(16-25-13-11-24-12-14-25)15-19(4-1)23-10-9-22(27-23)17-26-20-5-2-6-21(26)8-7-20/h1,3-4,9-10,15,20-21,24H,2,5-8,11-14,16-17H2/t20-,21+. The summed E-state index contributed by atoms with van der Waals surface area (Å²) < 4.78 is 0. The fourth-order valence-electron chi connectivity index (χ4n) is 5.23. The van der Waals surface area contributed by atoms with Gasteiger partial charge in [-0.2, -0.15) is 0 Å². The minimum absolute atomic E-state index is 0.858. The molecular formula is C23H31N3S. The SMILES string of the molecule is c1cc(CN2CCNCC2)cc(-c2ccc(CN3[C@@H]4CCC[C@H]3CC4)s2)c1. The summed E-state index contributed by atoms with van der Waals surface area (Å²) in [6, 6.07) is 15.6. The smallest absolute Gasteiger partial charge is 0.0346 e. The van der Waals surface area contributed by atoms with Gasteiger partial charge in [-0.3, -0.25) is 9.80 Å². The van der Waals surface area contributed by atoms with Crippen LogP contribution in [0.1, 0.15) is 42.5 Å². The van der Waals surface area contributed by atoms with Crippen LogP contribution in [-0.2, 0) is 13.1 Å². The van der Waals surface area contributed by atoms with Gasteiger partial charge >= 0.3 is 0 Å². The molecule has 0 spiro atoms. The van der Waals surface area contributed by atoms with Gasteiger partial charge in [0.2, 0.25) is 0 Å². The number of hydrogen-bond acceptors (Lipinski definition) is 4. The van der Waals surface area contributed by atoms with Crippen LogP contribution in [0.2, 0.25) is 0 Å². The van der Waals surface area contributed by atoms with Crippen LogP contribution >= 0.6 is 11.3 Å². The summed E-state index contributed by atoms with van der Waals surface area (Å²) in [5.74, 6) is 0. The maximum Gasteiger partial charge on any atom is 0.0346 e. The van der Waals surface area contributed by atoms with E-state index in [4.69, 9.17) is 0 Å². The number of thiophene rings is 1. The molecule has 144 valence electrons. The van der Waals surface area contributed by atoms with E-state index in [9.17, 15) is 0 Å². The lowest BCUT2D eigenvalue weighted by molar-refractivity contribution is 0.133. The van der Waals surface area contributed by atoms with Gasteiger partial charge in [-0.05, 0) is 55.0 Å². The molecule has 27 heavy (non-hydrogen) atoms. The third-order valence-corrected chi connectivity index (χ3v) is 7.79. The van der Waals surface area contributed by atoms with Crippen molar-refractivity contribution in [3.63, 3.8) is 0 Å². The molecule has 2 atom stereocenters. The van der Waals surface area contributed by atoms with Crippen LogP contribution in [0.4, 0.5) is 0 Å². The van der Waals surface area contributed by atoms with Gasteiger partial charge < -0.3 is 5.32 Å². The van der Waals surface area contributed by atoms with Gasteiger partial charge in [0.1, 0.15) is 0 Å². The van der Waals surface area contributed by atoms with Gasteiger partial charge in [0, 0.05) is 61.1 Å². The van der Waals surface area contributed by atoms with Gasteiger partial charge in [-0.15, -0.1) is 11.3 Å². The first-order chi connectivity index (χ1) is 13.3. The van der Waals surface area contributed by atoms with Crippen LogP contribution < -0.4 is 5.32 Å². The van der Waals surface area contributed by atoms with E-state index in [0.717, 1.165) is 44.8 Å². The minimum Gasteiger partial charge on any atom is -0.314 e. The Labute approximate surface area is 167 Å². The Morgan fingerprint density at radius 1 is 0.926 bits per heavy atom. The highest BCUT2D eigenvalue weighted by molar-refractivity contribution is 7.15. The maximum absolute atomic E-state index is 3.44. The molecule has 1 aromatic carbocycles. The van der Waals surface area contributed by atoms with E-state index in [-0.39, 0.29) is 0 Å². The second-order valence-electron chi connectivity index (χ2n) is 8.48. The third kappa shape index (κ3) is 4.00. The quantitative estimate of drug-likeness (QED) is 0.831. The van der Waals surface area contributed by atoms with Crippen molar-refractivity contribution in [2.75, 3.05) is 26.2 Å². The summed E-state index contributed by atoms with van der Waals surface area (Å²) in [6.45, 7) is 6.79. The molecule has 3 nitrogen and oxygen atoms in total. The highest BCUT2D eigenvalue weighted by atomic mass is 32.1. The second-order valence-corrected chi connectivity index (χ2v) is 9.65. The number of nitrogens with zero attached hydrogens (tertiary/aromatic N) is 2. The van der Waals surface area contributed by atoms with Gasteiger partial charge in [0.05, 0.1) is 0 Å². The molecule has 1 N–H and O–H groups in total. The van der Waals surface area contributed by atoms with Crippen LogP contribution in [0.25, 0.3) is 10.4 Å². The molecule has 0 amide bonds. The second kappa shape index (κ2) is 8.04. The van der Waals surface area contributed by atoms with Crippen molar-refractivity contribution in [2.24, 2.45) is 0 Å². The van der Waals surface area contributed by atoms with Crippen LogP contribution in [0.15, 0.2) is 36.4 Å². The largest absolute Gasteiger partial charge is 0.314 e. The van der Waals surface area contributed by atoms with E-state index < -0.39 is 0 Å². The molecule has 3 saturated heterocycles. The van der Waals surface area contributed by atoms with Crippen molar-refractivity contribution in [3.8, 4) is 10.4 Å². The van der Waals surface area contributed by atoms with Crippen molar-refractivity contribution >= 4 is 11.3 Å². The molecule has 0 unspecified atom stereocenters. The van der Waals surface area contributed by atoms with Gasteiger partial charge in [0.15, 0.2) is 0 Å². The van der Waals surface area contributed by atoms with Gasteiger partial charge in [0.25, 0.3) is 0 Å². The van der Waals surface area contributed by atoms with E-state index in [0.29, 0.717) is 0 Å². The van der Waals surface area contributed by atoms with Crippen molar-refractivity contribution < 1.29 is 0 Å². The Bertz CT molecular complexity index is 748. The first kappa shape index (κ1) is 17.9. The van der Waals surface area contributed by atoms with Gasteiger partial charge in [-0.25, -0.2) is 0 Å². The number of piperazine rings is 1. The first-order valence-corrected chi connectivity index (χ1v) is 11.5. The average molecular weight is 382 g/mol. The maximum atomic E-state index is 3.44. The third-order valence-electron chi connectivity index (χ3n) is 6.67. The van der Waals surface area contributed by atoms with Crippen LogP contribution in [0.5, 0.6) is 0 Å². The fraction of sp³-hybridized carbons (Fsp3) is 0.565. The van der Waals surface area contributed by atoms with Crippen LogP contribution in [-0.4, -0.2) is 48.1 Å². The Balaban J connectivity index is 1.27. The summed E-state index contributed by atoms with van der Waals surface area (Å²) in [5, 5.41) is 3.44. The summed E-state index contributed by atoms with van der Waals surface area (Å²) in [7, 11) is 0. The zero-order valence-corrected chi connectivity index (χ0v) is 17.0. The Kier molecular flexibility index (Phi) is 5.32. The highest BCUT2D eigenvalue weighted by Gasteiger charge is 2.36. The lowest BCUT2D eigenvalue weighted by atomic mass is 10.0. The fourth-order valence-corrected chi connectivity index (χ4v) is 6.24. The van der Waals surface area contributed by atoms with Crippen molar-refractivity contribution in [3.05, 3.63) is 46.8 Å². The molecule has 4 heteroatoms. The molecule has 0 radical (unpaired) electrons. The Morgan fingerprint density at radius 3 is 2.56 bits per heavy atom. The highest BCUT2D eigenvalue weighted by Crippen LogP contribution is 2.38. The summed E-state index contributed by atoms with van der Waals surface area (Å²) in [6.07, 6.45) is 7.14. The molecule has 5 rings (SSSR count). The molecule has 0 saturated carbocycles. The predicted octanol–water partition coefficient (Wildman–Crippen LogP) is 4.34. The number of piperidine rings is 1. The molecular weight excluding hydrogens is 350 g/mol. The number of rotatable bonds is 5. The van der Waals surface area contributed by atoms with E-state index in [1.165, 1.54) is 59.5 Å². The summed E-state index contributed by atoms with van der Waals surface area (Å²) in [5.41, 5.74) is 2.83. The lowest BCUT2D eigenvalue weighted by Crippen LogP contribution is -2.42. The molecule has 2 aromatic rings. The van der Waals surface area contributed by atoms with E-state index in [1.54, 1.807) is 0 Å². The monoisotopic (exact) mass is 381 g/mol. The van der Waals surface area contributed by atoms with E-state index in [2.05, 4.69) is 51.5 Å². The Hall–Kier alpha value is -1.20.